The van der Waals surface area contributed by atoms with E-state index in [1.165, 1.54) is 0 Å². The number of benzene rings is 1. The van der Waals surface area contributed by atoms with Gasteiger partial charge in [0, 0.05) is 48.8 Å². The van der Waals surface area contributed by atoms with Crippen molar-refractivity contribution in [2.45, 2.75) is 19.4 Å². The van der Waals surface area contributed by atoms with Crippen molar-refractivity contribution in [3.8, 4) is 11.1 Å². The van der Waals surface area contributed by atoms with Crippen molar-refractivity contribution < 1.29 is 0 Å². The van der Waals surface area contributed by atoms with Crippen LogP contribution >= 0.6 is 0 Å². The van der Waals surface area contributed by atoms with Crippen LogP contribution in [-0.2, 0) is 0 Å². The Morgan fingerprint density at radius 1 is 1.12 bits per heavy atom. The molecule has 0 radical (unpaired) electrons. The molecule has 0 bridgehead atoms. The molecule has 0 atom stereocenters. The van der Waals surface area contributed by atoms with Crippen LogP contribution in [0.2, 0.25) is 0 Å². The average molecular weight is 349 g/mol. The van der Waals surface area contributed by atoms with Crippen molar-refractivity contribution in [3.63, 3.8) is 0 Å². The number of nitrogens with one attached hydrogen (secondary N) is 3. The first-order valence-corrected chi connectivity index (χ1v) is 8.78. The van der Waals surface area contributed by atoms with Crippen LogP contribution in [0.3, 0.4) is 0 Å². The maximum absolute atomic E-state index is 4.69. The molecule has 0 amide bonds. The summed E-state index contributed by atoms with van der Waals surface area (Å²) >= 11 is 0. The van der Waals surface area contributed by atoms with Gasteiger partial charge in [-0.15, -0.1) is 0 Å². The average Bonchev–Trinajstić information content (AvgIpc) is 3.16. The Kier molecular flexibility index (Phi) is 4.30. The fraction of sp³-hybridized carbons (Fsp3) is 0.316. The van der Waals surface area contributed by atoms with E-state index >= 15 is 0 Å². The number of aromatic amines is 1. The molecule has 1 aliphatic heterocycles. The second kappa shape index (κ2) is 6.76. The third kappa shape index (κ3) is 3.67. The van der Waals surface area contributed by atoms with Gasteiger partial charge in [-0.05, 0) is 37.6 Å². The molecule has 0 unspecified atom stereocenters. The molecule has 1 aliphatic rings. The van der Waals surface area contributed by atoms with Crippen molar-refractivity contribution >= 4 is 17.5 Å². The third-order valence-corrected chi connectivity index (χ3v) is 4.49. The largest absolute Gasteiger partial charge is 0.340 e. The third-order valence-electron chi connectivity index (χ3n) is 4.49. The monoisotopic (exact) mass is 349 g/mol. The van der Waals surface area contributed by atoms with Crippen LogP contribution in [0.1, 0.15) is 13.8 Å². The number of anilines is 3. The van der Waals surface area contributed by atoms with Gasteiger partial charge in [0.15, 0.2) is 0 Å². The highest BCUT2D eigenvalue weighted by Gasteiger charge is 2.27. The Morgan fingerprint density at radius 2 is 1.96 bits per heavy atom. The van der Waals surface area contributed by atoms with Crippen molar-refractivity contribution in [1.29, 1.82) is 0 Å². The zero-order chi connectivity index (χ0) is 18.0. The Balaban J connectivity index is 1.48. The van der Waals surface area contributed by atoms with Gasteiger partial charge in [0.2, 0.25) is 5.95 Å². The van der Waals surface area contributed by atoms with Gasteiger partial charge < -0.3 is 15.5 Å². The normalized spacial score (nSPS) is 16.5. The molecule has 0 saturated carbocycles. The fourth-order valence-electron chi connectivity index (χ4n) is 3.19. The summed E-state index contributed by atoms with van der Waals surface area (Å²) in [6.45, 7) is 7.12. The fourth-order valence-corrected chi connectivity index (χ4v) is 3.19. The number of nitrogens with zero attached hydrogens (tertiary/aromatic N) is 4. The predicted octanol–water partition coefficient (Wildman–Crippen LogP) is 2.80. The van der Waals surface area contributed by atoms with E-state index in [-0.39, 0.29) is 5.54 Å². The number of rotatable bonds is 4. The van der Waals surface area contributed by atoms with Gasteiger partial charge >= 0.3 is 0 Å². The van der Waals surface area contributed by atoms with Gasteiger partial charge in [0.05, 0.1) is 6.20 Å². The molecule has 1 saturated heterocycles. The number of hydrogen-bond donors (Lipinski definition) is 3. The summed E-state index contributed by atoms with van der Waals surface area (Å²) in [5.74, 6) is 1.56. The van der Waals surface area contributed by atoms with Crippen molar-refractivity contribution in [3.05, 3.63) is 48.9 Å². The first kappa shape index (κ1) is 16.5. The Bertz CT molecular complexity index is 856. The van der Waals surface area contributed by atoms with Crippen molar-refractivity contribution in [1.82, 2.24) is 25.5 Å². The van der Waals surface area contributed by atoms with E-state index in [9.17, 15) is 0 Å². The lowest BCUT2D eigenvalue weighted by atomic mass is 10.0. The van der Waals surface area contributed by atoms with Crippen LogP contribution < -0.4 is 15.5 Å². The summed E-state index contributed by atoms with van der Waals surface area (Å²) in [6, 6.07) is 10.1. The number of hydrogen-bond acceptors (Lipinski definition) is 6. The summed E-state index contributed by atoms with van der Waals surface area (Å²) in [5.41, 5.74) is 3.24. The van der Waals surface area contributed by atoms with Crippen molar-refractivity contribution in [2.75, 3.05) is 29.9 Å². The zero-order valence-corrected chi connectivity index (χ0v) is 15.0. The topological polar surface area (TPSA) is 81.8 Å². The summed E-state index contributed by atoms with van der Waals surface area (Å²) in [7, 11) is 0. The molecule has 4 rings (SSSR count). The molecule has 0 aliphatic carbocycles. The lowest BCUT2D eigenvalue weighted by Crippen LogP contribution is -2.57. The van der Waals surface area contributed by atoms with Gasteiger partial charge in [-0.25, -0.2) is 4.98 Å². The molecule has 3 heterocycles. The molecule has 134 valence electrons. The highest BCUT2D eigenvalue weighted by molar-refractivity contribution is 5.66. The Hall–Kier alpha value is -2.93. The van der Waals surface area contributed by atoms with Crippen LogP contribution in [0, 0.1) is 0 Å². The van der Waals surface area contributed by atoms with Gasteiger partial charge in [-0.2, -0.15) is 10.1 Å². The highest BCUT2D eigenvalue weighted by Crippen LogP contribution is 2.23. The maximum Gasteiger partial charge on any atom is 0.227 e. The first-order valence-electron chi connectivity index (χ1n) is 8.78. The summed E-state index contributed by atoms with van der Waals surface area (Å²) in [5, 5.41) is 13.7. The van der Waals surface area contributed by atoms with E-state index < -0.39 is 0 Å². The van der Waals surface area contributed by atoms with E-state index in [1.807, 2.05) is 30.6 Å². The molecule has 3 aromatic rings. The minimum absolute atomic E-state index is 0.0635. The molecule has 2 aromatic heterocycles. The smallest absolute Gasteiger partial charge is 0.227 e. The van der Waals surface area contributed by atoms with Crippen LogP contribution in [0.25, 0.3) is 11.1 Å². The van der Waals surface area contributed by atoms with Crippen molar-refractivity contribution in [2.24, 2.45) is 0 Å². The molecule has 7 nitrogen and oxygen atoms in total. The van der Waals surface area contributed by atoms with E-state index in [1.54, 1.807) is 6.20 Å². The second-order valence-corrected chi connectivity index (χ2v) is 7.16. The summed E-state index contributed by atoms with van der Waals surface area (Å²) < 4.78 is 0. The number of piperazine rings is 1. The summed E-state index contributed by atoms with van der Waals surface area (Å²) in [4.78, 5) is 11.4. The van der Waals surface area contributed by atoms with Gasteiger partial charge in [-0.3, -0.25) is 5.10 Å². The molecule has 7 heteroatoms. The van der Waals surface area contributed by atoms with Crippen LogP contribution in [0.15, 0.2) is 48.9 Å². The van der Waals surface area contributed by atoms with Gasteiger partial charge in [-0.1, -0.05) is 12.1 Å². The lowest BCUT2D eigenvalue weighted by molar-refractivity contribution is 0.350. The van der Waals surface area contributed by atoms with Gasteiger partial charge in [0.1, 0.15) is 5.82 Å². The first-order chi connectivity index (χ1) is 12.6. The van der Waals surface area contributed by atoms with E-state index in [0.29, 0.717) is 0 Å². The quantitative estimate of drug-likeness (QED) is 0.672. The Morgan fingerprint density at radius 3 is 2.69 bits per heavy atom. The summed E-state index contributed by atoms with van der Waals surface area (Å²) in [6.07, 6.45) is 5.50. The van der Waals surface area contributed by atoms with Crippen LogP contribution in [0.4, 0.5) is 17.5 Å². The van der Waals surface area contributed by atoms with Crippen LogP contribution in [0.5, 0.6) is 0 Å². The molecule has 3 N–H and O–H groups in total. The maximum atomic E-state index is 4.69. The highest BCUT2D eigenvalue weighted by atomic mass is 15.3. The minimum Gasteiger partial charge on any atom is -0.340 e. The lowest BCUT2D eigenvalue weighted by Gasteiger charge is -2.39. The molecular weight excluding hydrogens is 326 g/mol. The number of H-pyrrole nitrogens is 1. The Labute approximate surface area is 152 Å². The van der Waals surface area contributed by atoms with Crippen LogP contribution in [-0.4, -0.2) is 45.3 Å². The molecular formula is C19H23N7. The minimum atomic E-state index is 0.0635. The molecule has 1 aromatic carbocycles. The van der Waals surface area contributed by atoms with E-state index in [2.05, 4.69) is 56.7 Å². The SMILES string of the molecule is CC1(C)CN(c2nccc(Nc3ccc(-c4cn[nH]c4)cc3)n2)CCN1. The second-order valence-electron chi connectivity index (χ2n) is 7.16. The van der Waals surface area contributed by atoms with E-state index in [0.717, 1.165) is 48.2 Å². The molecule has 1 fully saturated rings. The van der Waals surface area contributed by atoms with E-state index in [4.69, 9.17) is 4.98 Å². The number of aromatic nitrogens is 4. The molecule has 26 heavy (non-hydrogen) atoms. The standard InChI is InChI=1S/C19H23N7/c1-19(2)13-26(10-9-21-19)18-20-8-7-17(25-18)24-16-5-3-14(4-6-16)15-11-22-23-12-15/h3-8,11-12,21H,9-10,13H2,1-2H3,(H,22,23)(H,20,24,25). The van der Waals surface area contributed by atoms with Gasteiger partial charge in [0.25, 0.3) is 0 Å². The molecule has 0 spiro atoms. The predicted molar refractivity (Wildman–Crippen MR) is 104 cm³/mol. The zero-order valence-electron chi connectivity index (χ0n) is 15.0.